The van der Waals surface area contributed by atoms with Crippen LogP contribution in [0.3, 0.4) is 0 Å². The molecule has 1 aliphatic rings. The molecule has 2 aromatic rings. The molecule has 3 rings (SSSR count). The van der Waals surface area contributed by atoms with Crippen molar-refractivity contribution < 1.29 is 29.4 Å². The number of phenolic OH excluding ortho intramolecular Hbond substituents is 2. The number of halogens is 1. The van der Waals surface area contributed by atoms with E-state index >= 15 is 0 Å². The zero-order valence-electron chi connectivity index (χ0n) is 16.5. The highest BCUT2D eigenvalue weighted by atomic mass is 79.9. The lowest BCUT2D eigenvalue weighted by Crippen LogP contribution is -2.50. The van der Waals surface area contributed by atoms with Gasteiger partial charge in [-0.2, -0.15) is 0 Å². The first kappa shape index (κ1) is 22.6. The van der Waals surface area contributed by atoms with E-state index in [4.69, 9.17) is 15.3 Å². The number of nitrogens with zero attached hydrogens (tertiary/aromatic N) is 2. The quantitative estimate of drug-likeness (QED) is 0.506. The number of ether oxygens (including phenoxy) is 1. The fourth-order valence-electron chi connectivity index (χ4n) is 2.98. The van der Waals surface area contributed by atoms with Gasteiger partial charge in [0.25, 0.3) is 0 Å². The maximum absolute atomic E-state index is 13.0. The normalized spacial score (nSPS) is 16.2. The van der Waals surface area contributed by atoms with Crippen LogP contribution in [0.1, 0.15) is 17.5 Å². The molecule has 0 aromatic heterocycles. The highest BCUT2D eigenvalue weighted by molar-refractivity contribution is 9.18. The zero-order valence-corrected chi connectivity index (χ0v) is 18.1. The molecule has 10 heteroatoms. The Labute approximate surface area is 187 Å². The van der Waals surface area contributed by atoms with E-state index in [1.807, 2.05) is 18.2 Å². The number of nitrogens with two attached hydrogens (primary N) is 1. The molecule has 0 saturated heterocycles. The van der Waals surface area contributed by atoms with Crippen molar-refractivity contribution >= 4 is 32.6 Å². The smallest absolute Gasteiger partial charge is 0.417 e. The number of hydrogen-bond donors (Lipinski definition) is 3. The Balaban J connectivity index is 1.69. The van der Waals surface area contributed by atoms with Gasteiger partial charge in [0.2, 0.25) is 5.91 Å². The minimum absolute atomic E-state index is 0.00373. The number of carbonyl (C=O) groups is 2. The van der Waals surface area contributed by atoms with Gasteiger partial charge in [-0.05, 0) is 45.6 Å². The van der Waals surface area contributed by atoms with Gasteiger partial charge in [-0.1, -0.05) is 41.6 Å². The van der Waals surface area contributed by atoms with E-state index < -0.39 is 24.1 Å². The summed E-state index contributed by atoms with van der Waals surface area (Å²) in [6.07, 6.45) is -0.922. The summed E-state index contributed by atoms with van der Waals surface area (Å²) in [5.41, 5.74) is 7.36. The van der Waals surface area contributed by atoms with Gasteiger partial charge in [0.1, 0.15) is 11.2 Å². The SMILES string of the molecule is N[C@@H](Cc1ccc(O)c(O)c1)C(=O)N(CC1CC(Br)=NO1)C(=O)OCc1ccccc1. The van der Waals surface area contributed by atoms with Crippen LogP contribution in [0.2, 0.25) is 0 Å². The van der Waals surface area contributed by atoms with Crippen LogP contribution >= 0.6 is 15.9 Å². The Morgan fingerprint density at radius 2 is 1.94 bits per heavy atom. The summed E-state index contributed by atoms with van der Waals surface area (Å²) in [6.45, 7) is -0.0875. The minimum Gasteiger partial charge on any atom is -0.504 e. The predicted molar refractivity (Wildman–Crippen MR) is 116 cm³/mol. The first-order valence-electron chi connectivity index (χ1n) is 9.50. The molecule has 4 N–H and O–H groups in total. The molecule has 2 atom stereocenters. The van der Waals surface area contributed by atoms with Crippen molar-refractivity contribution in [2.45, 2.75) is 31.6 Å². The molecule has 0 aliphatic carbocycles. The average molecular weight is 492 g/mol. The molecule has 1 unspecified atom stereocenters. The summed E-state index contributed by atoms with van der Waals surface area (Å²) in [4.78, 5) is 31.9. The fourth-order valence-corrected chi connectivity index (χ4v) is 3.43. The van der Waals surface area contributed by atoms with Crippen LogP contribution in [-0.4, -0.2) is 50.4 Å². The monoisotopic (exact) mass is 491 g/mol. The van der Waals surface area contributed by atoms with Crippen LogP contribution in [0, 0.1) is 0 Å². The van der Waals surface area contributed by atoms with Crippen LogP contribution in [-0.2, 0) is 27.4 Å². The number of imide groups is 1. The van der Waals surface area contributed by atoms with E-state index in [1.54, 1.807) is 12.1 Å². The first-order chi connectivity index (χ1) is 14.8. The van der Waals surface area contributed by atoms with Crippen LogP contribution in [0.4, 0.5) is 4.79 Å². The number of phenols is 2. The topological polar surface area (TPSA) is 135 Å². The molecule has 0 spiro atoms. The highest BCUT2D eigenvalue weighted by Crippen LogP contribution is 2.25. The van der Waals surface area contributed by atoms with Crippen molar-refractivity contribution in [3.05, 3.63) is 59.7 Å². The Kier molecular flexibility index (Phi) is 7.48. The summed E-state index contributed by atoms with van der Waals surface area (Å²) < 4.78 is 5.89. The largest absolute Gasteiger partial charge is 0.504 e. The predicted octanol–water partition coefficient (Wildman–Crippen LogP) is 2.63. The van der Waals surface area contributed by atoms with Crippen molar-refractivity contribution in [2.75, 3.05) is 6.54 Å². The Morgan fingerprint density at radius 1 is 1.19 bits per heavy atom. The lowest BCUT2D eigenvalue weighted by molar-refractivity contribution is -0.132. The highest BCUT2D eigenvalue weighted by Gasteiger charge is 2.33. The number of hydrogen-bond acceptors (Lipinski definition) is 8. The lowest BCUT2D eigenvalue weighted by atomic mass is 10.0. The van der Waals surface area contributed by atoms with Crippen molar-refractivity contribution in [2.24, 2.45) is 10.9 Å². The number of amides is 2. The van der Waals surface area contributed by atoms with E-state index in [0.29, 0.717) is 16.6 Å². The third kappa shape index (κ3) is 6.19. The molecule has 1 aliphatic heterocycles. The molecule has 0 bridgehead atoms. The first-order valence-corrected chi connectivity index (χ1v) is 10.3. The molecule has 164 valence electrons. The molecule has 2 amide bonds. The second-order valence-corrected chi connectivity index (χ2v) is 7.94. The van der Waals surface area contributed by atoms with Crippen LogP contribution in [0.5, 0.6) is 11.5 Å². The fraction of sp³-hybridized carbons (Fsp3) is 0.286. The molecule has 0 fully saturated rings. The maximum atomic E-state index is 13.0. The summed E-state index contributed by atoms with van der Waals surface area (Å²) in [6, 6.07) is 12.1. The molecule has 9 nitrogen and oxygen atoms in total. The molecule has 0 saturated carbocycles. The number of aromatic hydroxyl groups is 2. The van der Waals surface area contributed by atoms with E-state index in [2.05, 4.69) is 21.1 Å². The van der Waals surface area contributed by atoms with Crippen molar-refractivity contribution in [1.82, 2.24) is 4.90 Å². The Morgan fingerprint density at radius 3 is 2.58 bits per heavy atom. The van der Waals surface area contributed by atoms with Crippen LogP contribution in [0.25, 0.3) is 0 Å². The van der Waals surface area contributed by atoms with Crippen LogP contribution < -0.4 is 5.73 Å². The molecule has 31 heavy (non-hydrogen) atoms. The van der Waals surface area contributed by atoms with Gasteiger partial charge in [0.15, 0.2) is 17.6 Å². The maximum Gasteiger partial charge on any atom is 0.417 e. The summed E-state index contributed by atoms with van der Waals surface area (Å²) in [7, 11) is 0. The standard InChI is InChI=1S/C21H22BrN3O6/c22-19-10-15(31-24-19)11-25(21(29)30-12-13-4-2-1-3-5-13)20(28)16(23)8-14-6-7-17(26)18(27)9-14/h1-7,9,15-16,26-27H,8,10-12,23H2/t15?,16-/m0/s1. The van der Waals surface area contributed by atoms with Gasteiger partial charge < -0.3 is 25.5 Å². The number of carbonyl (C=O) groups excluding carboxylic acids is 2. The third-order valence-electron chi connectivity index (χ3n) is 4.59. The van der Waals surface area contributed by atoms with E-state index in [9.17, 15) is 19.8 Å². The average Bonchev–Trinajstić information content (AvgIpc) is 3.18. The molecule has 1 heterocycles. The summed E-state index contributed by atoms with van der Waals surface area (Å²) in [5.74, 6) is -1.26. The van der Waals surface area contributed by atoms with Crippen molar-refractivity contribution in [3.63, 3.8) is 0 Å². The van der Waals surface area contributed by atoms with Crippen molar-refractivity contribution in [3.8, 4) is 11.5 Å². The molecule has 2 aromatic carbocycles. The molecular formula is C21H22BrN3O6. The van der Waals surface area contributed by atoms with Crippen molar-refractivity contribution in [1.29, 1.82) is 0 Å². The number of benzene rings is 2. The van der Waals surface area contributed by atoms with E-state index in [-0.39, 0.29) is 31.1 Å². The second kappa shape index (κ2) is 10.3. The van der Waals surface area contributed by atoms with E-state index in [0.717, 1.165) is 10.5 Å². The minimum atomic E-state index is -1.08. The van der Waals surface area contributed by atoms with Gasteiger partial charge in [0.05, 0.1) is 12.6 Å². The zero-order chi connectivity index (χ0) is 22.4. The summed E-state index contributed by atoms with van der Waals surface area (Å²) >= 11 is 3.23. The van der Waals surface area contributed by atoms with Gasteiger partial charge in [-0.15, -0.1) is 0 Å². The number of rotatable bonds is 7. The van der Waals surface area contributed by atoms with Gasteiger partial charge >= 0.3 is 6.09 Å². The number of oxime groups is 1. The molecular weight excluding hydrogens is 470 g/mol. The lowest BCUT2D eigenvalue weighted by Gasteiger charge is -2.25. The molecule has 0 radical (unpaired) electrons. The van der Waals surface area contributed by atoms with Gasteiger partial charge in [-0.3, -0.25) is 4.79 Å². The Bertz CT molecular complexity index is 969. The van der Waals surface area contributed by atoms with Crippen LogP contribution in [0.15, 0.2) is 53.7 Å². The third-order valence-corrected chi connectivity index (χ3v) is 5.06. The Hall–Kier alpha value is -3.11. The summed E-state index contributed by atoms with van der Waals surface area (Å²) in [5, 5.41) is 22.9. The van der Waals surface area contributed by atoms with Gasteiger partial charge in [0, 0.05) is 6.42 Å². The van der Waals surface area contributed by atoms with E-state index in [1.165, 1.54) is 18.2 Å². The van der Waals surface area contributed by atoms with Gasteiger partial charge in [-0.25, -0.2) is 9.69 Å². The second-order valence-electron chi connectivity index (χ2n) is 7.02.